The predicted octanol–water partition coefficient (Wildman–Crippen LogP) is 4.96. The monoisotopic (exact) mass is 338 g/mol. The van der Waals surface area contributed by atoms with Gasteiger partial charge in [0.2, 0.25) is 5.36 Å². The summed E-state index contributed by atoms with van der Waals surface area (Å²) in [5, 5.41) is 3.20. The predicted molar refractivity (Wildman–Crippen MR) is 100 cm³/mol. The fourth-order valence-electron chi connectivity index (χ4n) is 3.54. The highest BCUT2D eigenvalue weighted by Crippen LogP contribution is 2.23. The minimum absolute atomic E-state index is 0.730. The van der Waals surface area contributed by atoms with Crippen LogP contribution in [0.3, 0.4) is 0 Å². The molecule has 24 heavy (non-hydrogen) atoms. The van der Waals surface area contributed by atoms with Gasteiger partial charge in [-0.3, -0.25) is 0 Å². The molecule has 122 valence electrons. The van der Waals surface area contributed by atoms with Crippen LogP contribution in [0.15, 0.2) is 59.0 Å². The van der Waals surface area contributed by atoms with E-state index < -0.39 is 0 Å². The zero-order valence-electron chi connectivity index (χ0n) is 13.8. The summed E-state index contributed by atoms with van der Waals surface area (Å²) in [5.74, 6) is 1.62. The number of benzene rings is 2. The lowest BCUT2D eigenvalue weighted by Gasteiger charge is -2.16. The zero-order chi connectivity index (χ0) is 16.5. The molecule has 1 saturated heterocycles. The first-order valence-corrected chi connectivity index (χ1v) is 8.95. The summed E-state index contributed by atoms with van der Waals surface area (Å²) in [6.07, 6.45) is 2.56. The largest absolute Gasteiger partial charge is 0.456 e. The molecule has 1 aliphatic heterocycles. The molecule has 1 fully saturated rings. The molecule has 0 unspecified atom stereocenters. The van der Waals surface area contributed by atoms with E-state index in [0.717, 1.165) is 40.9 Å². The van der Waals surface area contributed by atoms with Crippen molar-refractivity contribution in [3.05, 3.63) is 65.0 Å². The second-order valence-corrected chi connectivity index (χ2v) is 7.13. The van der Waals surface area contributed by atoms with Gasteiger partial charge in [-0.2, -0.15) is 0 Å². The average Bonchev–Trinajstić information content (AvgIpc) is 2.61. The Morgan fingerprint density at radius 2 is 1.88 bits per heavy atom. The lowest BCUT2D eigenvalue weighted by Crippen LogP contribution is -2.38. The Hall–Kier alpha value is -2.06. The molecule has 0 radical (unpaired) electrons. The van der Waals surface area contributed by atoms with E-state index in [2.05, 4.69) is 29.7 Å². The topological polar surface area (TPSA) is 16.1 Å². The molecule has 2 aromatic carbocycles. The van der Waals surface area contributed by atoms with Crippen molar-refractivity contribution in [3.8, 4) is 11.3 Å². The molecule has 0 spiro atoms. The maximum atomic E-state index is 6.18. The number of piperidine rings is 1. The van der Waals surface area contributed by atoms with Gasteiger partial charge < -0.3 is 4.42 Å². The highest BCUT2D eigenvalue weighted by atomic mass is 35.5. The van der Waals surface area contributed by atoms with Crippen LogP contribution in [0, 0.1) is 5.92 Å². The summed E-state index contributed by atoms with van der Waals surface area (Å²) in [4.78, 5) is 0. The van der Waals surface area contributed by atoms with E-state index in [9.17, 15) is 0 Å². The standard InChI is InChI=1S/C21H21ClNO/c1-15-5-4-12-23(14-15)19-13-21(16-8-10-17(22)11-9-16)24-20-7-3-2-6-18(19)20/h2-3,6-11,13,15H,4-5,12,14H2,1H3/q+1/t15-/m0/s1. The highest BCUT2D eigenvalue weighted by molar-refractivity contribution is 6.30. The molecule has 0 saturated carbocycles. The number of nitrogens with zero attached hydrogens (tertiary/aromatic N) is 1. The molecular formula is C21H21ClNO+. The van der Waals surface area contributed by atoms with Gasteiger partial charge in [0.15, 0.2) is 0 Å². The molecule has 4 rings (SSSR count). The fourth-order valence-corrected chi connectivity index (χ4v) is 3.67. The number of rotatable bonds is 1. The molecule has 3 aromatic rings. The lowest BCUT2D eigenvalue weighted by atomic mass is 10.0. The van der Waals surface area contributed by atoms with Crippen LogP contribution in [0.4, 0.5) is 0 Å². The Morgan fingerprint density at radius 3 is 2.67 bits per heavy atom. The SMILES string of the molecule is C[C@H]1CCC[N+](=c2cc(-c3ccc(Cl)cc3)oc3ccccc23)C1. The number of fused-ring (bicyclic) bond motifs is 1. The normalized spacial score (nSPS) is 20.3. The van der Waals surface area contributed by atoms with E-state index in [1.54, 1.807) is 0 Å². The van der Waals surface area contributed by atoms with Gasteiger partial charge in [0.05, 0.1) is 11.5 Å². The maximum Gasteiger partial charge on any atom is 0.214 e. The van der Waals surface area contributed by atoms with E-state index in [0.29, 0.717) is 0 Å². The third-order valence-corrected chi connectivity index (χ3v) is 5.03. The Bertz CT molecular complexity index is 940. The summed E-state index contributed by atoms with van der Waals surface area (Å²) in [7, 11) is 0. The first-order valence-electron chi connectivity index (χ1n) is 8.57. The van der Waals surface area contributed by atoms with Crippen LogP contribution in [0.5, 0.6) is 0 Å². The molecule has 0 N–H and O–H groups in total. The minimum Gasteiger partial charge on any atom is -0.456 e. The summed E-state index contributed by atoms with van der Waals surface area (Å²) in [5.41, 5.74) is 1.98. The smallest absolute Gasteiger partial charge is 0.214 e. The minimum atomic E-state index is 0.730. The molecule has 2 heterocycles. The van der Waals surface area contributed by atoms with E-state index in [1.807, 2.05) is 36.4 Å². The molecule has 3 heteroatoms. The van der Waals surface area contributed by atoms with Crippen LogP contribution < -0.4 is 9.93 Å². The molecule has 1 atom stereocenters. The van der Waals surface area contributed by atoms with Gasteiger partial charge in [0, 0.05) is 22.9 Å². The van der Waals surface area contributed by atoms with Gasteiger partial charge >= 0.3 is 0 Å². The lowest BCUT2D eigenvalue weighted by molar-refractivity contribution is 0.358. The Labute approximate surface area is 147 Å². The summed E-state index contributed by atoms with van der Waals surface area (Å²) >= 11 is 6.02. The van der Waals surface area contributed by atoms with Crippen molar-refractivity contribution in [2.45, 2.75) is 19.8 Å². The molecular weight excluding hydrogens is 318 g/mol. The first kappa shape index (κ1) is 15.5. The van der Waals surface area contributed by atoms with E-state index in [-0.39, 0.29) is 0 Å². The average molecular weight is 339 g/mol. The molecule has 1 aromatic heterocycles. The first-order chi connectivity index (χ1) is 11.7. The van der Waals surface area contributed by atoms with Gasteiger partial charge in [-0.25, -0.2) is 4.58 Å². The summed E-state index contributed by atoms with van der Waals surface area (Å²) in [6.45, 7) is 4.55. The van der Waals surface area contributed by atoms with Crippen molar-refractivity contribution in [3.63, 3.8) is 0 Å². The van der Waals surface area contributed by atoms with Gasteiger partial charge in [0.1, 0.15) is 24.4 Å². The van der Waals surface area contributed by atoms with E-state index in [1.165, 1.54) is 23.6 Å². The quantitative estimate of drug-likeness (QED) is 0.573. The summed E-state index contributed by atoms with van der Waals surface area (Å²) < 4.78 is 8.68. The van der Waals surface area contributed by atoms with Crippen LogP contribution in [0.25, 0.3) is 22.3 Å². The Morgan fingerprint density at radius 1 is 1.08 bits per heavy atom. The molecule has 1 aliphatic rings. The molecule has 0 aliphatic carbocycles. The van der Waals surface area contributed by atoms with Crippen molar-refractivity contribution >= 4 is 22.6 Å². The second-order valence-electron chi connectivity index (χ2n) is 6.69. The van der Waals surface area contributed by atoms with Crippen LogP contribution in [0.1, 0.15) is 19.8 Å². The maximum absolute atomic E-state index is 6.18. The highest BCUT2D eigenvalue weighted by Gasteiger charge is 2.20. The van der Waals surface area contributed by atoms with E-state index >= 15 is 0 Å². The van der Waals surface area contributed by atoms with Crippen LogP contribution >= 0.6 is 11.6 Å². The number of hydrogen-bond donors (Lipinski definition) is 0. The molecule has 0 amide bonds. The van der Waals surface area contributed by atoms with Gasteiger partial charge in [0.25, 0.3) is 0 Å². The van der Waals surface area contributed by atoms with Gasteiger partial charge in [-0.15, -0.1) is 0 Å². The van der Waals surface area contributed by atoms with Gasteiger partial charge in [-0.05, 0) is 42.8 Å². The van der Waals surface area contributed by atoms with Crippen molar-refractivity contribution in [1.29, 1.82) is 0 Å². The number of halogens is 1. The fraction of sp³-hybridized carbons (Fsp3) is 0.286. The third kappa shape index (κ3) is 2.99. The van der Waals surface area contributed by atoms with Crippen LogP contribution in [-0.2, 0) is 0 Å². The summed E-state index contributed by atoms with van der Waals surface area (Å²) in [6, 6.07) is 18.3. The van der Waals surface area contributed by atoms with Gasteiger partial charge in [-0.1, -0.05) is 30.7 Å². The van der Waals surface area contributed by atoms with Crippen molar-refractivity contribution in [1.82, 2.24) is 4.58 Å². The number of hydrogen-bond acceptors (Lipinski definition) is 1. The zero-order valence-corrected chi connectivity index (χ0v) is 14.6. The second kappa shape index (κ2) is 6.45. The number of para-hydroxylation sites is 1. The Kier molecular flexibility index (Phi) is 4.15. The van der Waals surface area contributed by atoms with Crippen LogP contribution in [-0.4, -0.2) is 13.1 Å². The van der Waals surface area contributed by atoms with Crippen molar-refractivity contribution in [2.75, 3.05) is 13.1 Å². The van der Waals surface area contributed by atoms with E-state index in [4.69, 9.17) is 16.0 Å². The third-order valence-electron chi connectivity index (χ3n) is 4.78. The molecule has 2 nitrogen and oxygen atoms in total. The van der Waals surface area contributed by atoms with Crippen molar-refractivity contribution in [2.24, 2.45) is 5.92 Å². The Balaban J connectivity index is 1.98. The van der Waals surface area contributed by atoms with Crippen LogP contribution in [0.2, 0.25) is 5.02 Å². The van der Waals surface area contributed by atoms with Crippen molar-refractivity contribution < 1.29 is 4.42 Å². The molecule has 0 bridgehead atoms.